The Hall–Kier alpha value is -4.34. The molecule has 0 spiro atoms. The number of anilines is 2. The molecule has 248 valence electrons. The first-order valence-corrected chi connectivity index (χ1v) is 16.1. The Morgan fingerprint density at radius 3 is 2.68 bits per heavy atom. The normalized spacial score (nSPS) is 21.3. The van der Waals surface area contributed by atoms with Gasteiger partial charge >= 0.3 is 6.01 Å². The Morgan fingerprint density at radius 1 is 1.13 bits per heavy atom. The van der Waals surface area contributed by atoms with Gasteiger partial charge in [0.25, 0.3) is 5.92 Å². The Balaban J connectivity index is 1.31. The van der Waals surface area contributed by atoms with Crippen LogP contribution in [-0.2, 0) is 22.5 Å². The van der Waals surface area contributed by atoms with Crippen molar-refractivity contribution in [3.8, 4) is 6.01 Å². The topological polar surface area (TPSA) is 78.6 Å². The lowest BCUT2D eigenvalue weighted by atomic mass is 9.99. The first-order chi connectivity index (χ1) is 22.7. The number of halogens is 2. The van der Waals surface area contributed by atoms with E-state index in [2.05, 4.69) is 58.0 Å². The average Bonchev–Trinajstić information content (AvgIpc) is 3.33. The highest BCUT2D eigenvalue weighted by Crippen LogP contribution is 2.36. The summed E-state index contributed by atoms with van der Waals surface area (Å²) in [5.74, 6) is -2.18. The molecular weight excluding hydrogens is 604 g/mol. The van der Waals surface area contributed by atoms with E-state index in [0.29, 0.717) is 39.2 Å². The van der Waals surface area contributed by atoms with Gasteiger partial charge in [-0.1, -0.05) is 36.4 Å². The number of carbonyl (C=O) groups is 1. The van der Waals surface area contributed by atoms with Gasteiger partial charge in [0.1, 0.15) is 18.5 Å². The van der Waals surface area contributed by atoms with Crippen molar-refractivity contribution in [2.45, 2.75) is 44.3 Å². The third kappa shape index (κ3) is 7.01. The quantitative estimate of drug-likeness (QED) is 0.251. The van der Waals surface area contributed by atoms with Gasteiger partial charge in [0, 0.05) is 68.5 Å². The number of rotatable bonds is 9. The Labute approximate surface area is 274 Å². The Bertz CT molecular complexity index is 1690. The van der Waals surface area contributed by atoms with Crippen LogP contribution in [0.3, 0.4) is 0 Å². The van der Waals surface area contributed by atoms with Crippen molar-refractivity contribution in [2.24, 2.45) is 0 Å². The SMILES string of the molecule is [C-]#[N+]C[C@H]1CN(c2nc(OC[C@@H]3CC(F)(F)CN3C)nc3c2CCN(c2cccc4cccc(C)c24)C3)CCN1C(=O)/C=C/COC. The van der Waals surface area contributed by atoms with Gasteiger partial charge < -0.3 is 29.0 Å². The second-order valence-corrected chi connectivity index (χ2v) is 12.6. The van der Waals surface area contributed by atoms with E-state index in [1.807, 2.05) is 0 Å². The fourth-order valence-corrected chi connectivity index (χ4v) is 7.05. The molecule has 0 aliphatic carbocycles. The summed E-state index contributed by atoms with van der Waals surface area (Å²) >= 11 is 0. The molecule has 2 fully saturated rings. The lowest BCUT2D eigenvalue weighted by molar-refractivity contribution is -0.128. The number of likely N-dealkylation sites (tertiary alicyclic amines) is 1. The van der Waals surface area contributed by atoms with Crippen LogP contribution in [0.15, 0.2) is 48.6 Å². The number of piperazine rings is 1. The zero-order valence-corrected chi connectivity index (χ0v) is 27.2. The molecule has 3 aliphatic heterocycles. The van der Waals surface area contributed by atoms with Crippen molar-refractivity contribution < 1.29 is 23.0 Å². The first kappa shape index (κ1) is 32.6. The van der Waals surface area contributed by atoms with E-state index in [9.17, 15) is 13.6 Å². The largest absolute Gasteiger partial charge is 0.462 e. The maximum absolute atomic E-state index is 14.1. The zero-order chi connectivity index (χ0) is 33.1. The molecule has 1 amide bonds. The highest BCUT2D eigenvalue weighted by molar-refractivity contribution is 5.97. The molecule has 4 heterocycles. The summed E-state index contributed by atoms with van der Waals surface area (Å²) in [6.07, 6.45) is 3.59. The fraction of sp³-hybridized carbons (Fsp3) is 0.486. The van der Waals surface area contributed by atoms with Gasteiger partial charge in [0.15, 0.2) is 0 Å². The van der Waals surface area contributed by atoms with Gasteiger partial charge in [-0.2, -0.15) is 9.97 Å². The van der Waals surface area contributed by atoms with Crippen LogP contribution in [0.5, 0.6) is 6.01 Å². The van der Waals surface area contributed by atoms with Crippen LogP contribution in [0.4, 0.5) is 20.3 Å². The minimum atomic E-state index is -2.75. The summed E-state index contributed by atoms with van der Waals surface area (Å²) < 4.78 is 39.4. The molecule has 47 heavy (non-hydrogen) atoms. The van der Waals surface area contributed by atoms with E-state index >= 15 is 0 Å². The van der Waals surface area contributed by atoms with Crippen LogP contribution in [0.2, 0.25) is 0 Å². The zero-order valence-electron chi connectivity index (χ0n) is 27.2. The van der Waals surface area contributed by atoms with Gasteiger partial charge in [-0.15, -0.1) is 0 Å². The minimum absolute atomic E-state index is 0.0486. The monoisotopic (exact) mass is 645 g/mol. The number of aryl methyl sites for hydroxylation is 1. The summed E-state index contributed by atoms with van der Waals surface area (Å²) in [7, 11) is 3.25. The van der Waals surface area contributed by atoms with Crippen molar-refractivity contribution in [1.29, 1.82) is 0 Å². The van der Waals surface area contributed by atoms with Crippen molar-refractivity contribution in [2.75, 3.05) is 76.4 Å². The standard InChI is InChI=1S/C35H41F2N7O3/c1-24-8-5-9-25-10-6-11-30(32(24)25)42-14-13-28-29(21-42)39-34(47-22-26-18-35(36,37)23-41(26)3)40-33(28)43-15-16-44(27(20-43)19-38-2)31(45)12-7-17-46-4/h5-12,26-27H,13-23H2,1,3-4H3/b12-7+/t26-,27-/m0/s1. The predicted molar refractivity (Wildman–Crippen MR) is 177 cm³/mol. The molecule has 0 bridgehead atoms. The van der Waals surface area contributed by atoms with E-state index < -0.39 is 12.0 Å². The number of methoxy groups -OCH3 is 1. The summed E-state index contributed by atoms with van der Waals surface area (Å²) in [6, 6.07) is 12.0. The number of hydrogen-bond acceptors (Lipinski definition) is 8. The van der Waals surface area contributed by atoms with Crippen LogP contribution >= 0.6 is 0 Å². The summed E-state index contributed by atoms with van der Waals surface area (Å²) in [4.78, 5) is 34.2. The lowest BCUT2D eigenvalue weighted by Gasteiger charge is -2.41. The van der Waals surface area contributed by atoms with Gasteiger partial charge in [0.2, 0.25) is 12.5 Å². The van der Waals surface area contributed by atoms with E-state index in [1.54, 1.807) is 30.0 Å². The van der Waals surface area contributed by atoms with Crippen molar-refractivity contribution in [3.63, 3.8) is 0 Å². The molecule has 3 aliphatic rings. The number of alkyl halides is 2. The van der Waals surface area contributed by atoms with Gasteiger partial charge in [-0.05, 0) is 37.4 Å². The van der Waals surface area contributed by atoms with Gasteiger partial charge in [0.05, 0.1) is 25.4 Å². The second-order valence-electron chi connectivity index (χ2n) is 12.6. The lowest BCUT2D eigenvalue weighted by Crippen LogP contribution is -2.56. The van der Waals surface area contributed by atoms with Crippen LogP contribution in [0.25, 0.3) is 15.6 Å². The number of amides is 1. The van der Waals surface area contributed by atoms with E-state index in [-0.39, 0.29) is 44.1 Å². The molecule has 0 saturated carbocycles. The fourth-order valence-electron chi connectivity index (χ4n) is 7.05. The van der Waals surface area contributed by atoms with Crippen molar-refractivity contribution in [3.05, 3.63) is 76.8 Å². The van der Waals surface area contributed by atoms with E-state index in [4.69, 9.17) is 26.0 Å². The number of nitrogens with zero attached hydrogens (tertiary/aromatic N) is 7. The van der Waals surface area contributed by atoms with E-state index in [1.165, 1.54) is 22.4 Å². The van der Waals surface area contributed by atoms with Gasteiger partial charge in [-0.3, -0.25) is 9.69 Å². The molecule has 6 rings (SSSR count). The van der Waals surface area contributed by atoms with Crippen molar-refractivity contribution in [1.82, 2.24) is 19.8 Å². The molecule has 2 aromatic carbocycles. The van der Waals surface area contributed by atoms with Crippen LogP contribution in [0, 0.1) is 13.5 Å². The Morgan fingerprint density at radius 2 is 1.94 bits per heavy atom. The molecule has 3 aromatic rings. The number of hydrogen-bond donors (Lipinski definition) is 0. The number of likely N-dealkylation sites (N-methyl/N-ethyl adjacent to an activating group) is 1. The third-order valence-electron chi connectivity index (χ3n) is 9.39. The molecular formula is C35H41F2N7O3. The third-order valence-corrected chi connectivity index (χ3v) is 9.39. The highest BCUT2D eigenvalue weighted by Gasteiger charge is 2.43. The molecule has 0 unspecified atom stereocenters. The smallest absolute Gasteiger partial charge is 0.318 e. The summed E-state index contributed by atoms with van der Waals surface area (Å²) in [6.45, 7) is 12.6. The number of benzene rings is 2. The maximum atomic E-state index is 14.1. The number of carbonyl (C=O) groups excluding carboxylic acids is 1. The molecule has 0 radical (unpaired) electrons. The highest BCUT2D eigenvalue weighted by atomic mass is 19.3. The summed E-state index contributed by atoms with van der Waals surface area (Å²) in [5.41, 5.74) is 4.17. The first-order valence-electron chi connectivity index (χ1n) is 16.1. The predicted octanol–water partition coefficient (Wildman–Crippen LogP) is 4.36. The van der Waals surface area contributed by atoms with Crippen LogP contribution < -0.4 is 14.5 Å². The van der Waals surface area contributed by atoms with Crippen molar-refractivity contribution >= 4 is 28.2 Å². The average molecular weight is 646 g/mol. The van der Waals surface area contributed by atoms with Gasteiger partial charge in [-0.25, -0.2) is 15.4 Å². The molecule has 1 aromatic heterocycles. The Kier molecular flexibility index (Phi) is 9.57. The molecule has 2 atom stereocenters. The van der Waals surface area contributed by atoms with E-state index in [0.717, 1.165) is 29.3 Å². The van der Waals surface area contributed by atoms with Crippen LogP contribution in [-0.4, -0.2) is 110 Å². The second kappa shape index (κ2) is 13.8. The minimum Gasteiger partial charge on any atom is -0.462 e. The summed E-state index contributed by atoms with van der Waals surface area (Å²) in [5, 5.41) is 2.38. The molecule has 0 N–H and O–H groups in total. The van der Waals surface area contributed by atoms with Crippen LogP contribution in [0.1, 0.15) is 23.2 Å². The number of ether oxygens (including phenoxy) is 2. The number of fused-ring (bicyclic) bond motifs is 2. The number of aromatic nitrogens is 2. The molecule has 12 heteroatoms. The molecule has 2 saturated heterocycles. The maximum Gasteiger partial charge on any atom is 0.318 e. The molecule has 10 nitrogen and oxygen atoms in total.